The van der Waals surface area contributed by atoms with E-state index in [1.807, 2.05) is 78.9 Å². The van der Waals surface area contributed by atoms with Crippen LogP contribution in [-0.2, 0) is 24.0 Å². The first-order valence-corrected chi connectivity index (χ1v) is 16.4. The first-order valence-electron chi connectivity index (χ1n) is 14.6. The number of aromatic nitrogens is 3. The number of nitrogen functional groups attached to an aromatic ring is 1. The van der Waals surface area contributed by atoms with Gasteiger partial charge in [-0.1, -0.05) is 78.0 Å². The third-order valence-corrected chi connectivity index (χ3v) is 9.05. The van der Waals surface area contributed by atoms with Gasteiger partial charge in [-0.3, -0.25) is 19.5 Å². The number of hydrogen-bond donors (Lipinski definition) is 2. The lowest BCUT2D eigenvalue weighted by Crippen LogP contribution is -2.71. The predicted octanol–water partition coefficient (Wildman–Crippen LogP) is 3.96. The Kier molecular flexibility index (Phi) is 9.69. The van der Waals surface area contributed by atoms with Crippen LogP contribution in [-0.4, -0.2) is 66.5 Å². The predicted molar refractivity (Wildman–Crippen MR) is 179 cm³/mol. The number of carbonyl (C=O) groups is 3. The molecule has 47 heavy (non-hydrogen) atoms. The van der Waals surface area contributed by atoms with E-state index >= 15 is 0 Å². The number of rotatable bonds is 11. The van der Waals surface area contributed by atoms with Gasteiger partial charge in [0.05, 0.1) is 5.69 Å². The van der Waals surface area contributed by atoms with Gasteiger partial charge in [0.25, 0.3) is 11.8 Å². The first-order chi connectivity index (χ1) is 22.9. The minimum Gasteiger partial charge on any atom is -0.448 e. The zero-order chi connectivity index (χ0) is 32.8. The summed E-state index contributed by atoms with van der Waals surface area (Å²) in [7, 11) is 0. The topological polar surface area (TPSA) is 162 Å². The van der Waals surface area contributed by atoms with Crippen molar-refractivity contribution in [1.82, 2.24) is 24.6 Å². The van der Waals surface area contributed by atoms with Gasteiger partial charge in [0, 0.05) is 23.5 Å². The van der Waals surface area contributed by atoms with E-state index in [0.717, 1.165) is 22.7 Å². The van der Waals surface area contributed by atoms with Gasteiger partial charge < -0.3 is 20.6 Å². The lowest BCUT2D eigenvalue weighted by Gasteiger charge is -2.49. The number of nitrogens with one attached hydrogen (secondary N) is 1. The maximum Gasteiger partial charge on any atom is 0.356 e. The molecule has 0 aliphatic carbocycles. The van der Waals surface area contributed by atoms with Gasteiger partial charge in [0.1, 0.15) is 23.7 Å². The number of ether oxygens (including phenoxy) is 1. The molecule has 2 aliphatic heterocycles. The number of fused-ring (bicyclic) bond motifs is 1. The molecule has 1 saturated heterocycles. The van der Waals surface area contributed by atoms with E-state index in [0.29, 0.717) is 17.0 Å². The summed E-state index contributed by atoms with van der Waals surface area (Å²) in [6.45, 7) is 1.91. The van der Waals surface area contributed by atoms with Crippen LogP contribution in [0.2, 0.25) is 0 Å². The highest BCUT2D eigenvalue weighted by molar-refractivity contribution is 8.00. The van der Waals surface area contributed by atoms with E-state index in [9.17, 15) is 14.4 Å². The Morgan fingerprint density at radius 2 is 1.77 bits per heavy atom. The molecule has 2 atom stereocenters. The fourth-order valence-corrected chi connectivity index (χ4v) is 6.77. The molecular weight excluding hydrogens is 639 g/mol. The molecule has 238 valence electrons. The average Bonchev–Trinajstić information content (AvgIpc) is 3.54. The van der Waals surface area contributed by atoms with Crippen molar-refractivity contribution in [2.75, 3.05) is 18.1 Å². The summed E-state index contributed by atoms with van der Waals surface area (Å²) < 4.78 is 10.3. The van der Waals surface area contributed by atoms with E-state index in [1.54, 1.807) is 25.3 Å². The maximum absolute atomic E-state index is 14.2. The summed E-state index contributed by atoms with van der Waals surface area (Å²) in [5.74, 6) is -1.52. The van der Waals surface area contributed by atoms with Crippen LogP contribution >= 0.6 is 23.3 Å². The highest BCUT2D eigenvalue weighted by atomic mass is 32.2. The van der Waals surface area contributed by atoms with Crippen molar-refractivity contribution in [3.63, 3.8) is 0 Å². The summed E-state index contributed by atoms with van der Waals surface area (Å²) in [6.07, 6.45) is 4.49. The number of hydrogen-bond acceptors (Lipinski definition) is 12. The maximum atomic E-state index is 14.2. The van der Waals surface area contributed by atoms with Gasteiger partial charge in [0.2, 0.25) is 11.5 Å². The number of anilines is 1. The molecule has 0 radical (unpaired) electrons. The Balaban J connectivity index is 1.30. The number of nitrogens with two attached hydrogens (primary N) is 1. The molecule has 2 aromatic carbocycles. The van der Waals surface area contributed by atoms with Crippen LogP contribution in [0.25, 0.3) is 6.08 Å². The average molecular weight is 668 g/mol. The van der Waals surface area contributed by atoms with Crippen LogP contribution in [0.5, 0.6) is 0 Å². The third kappa shape index (κ3) is 6.93. The second-order valence-corrected chi connectivity index (χ2v) is 12.1. The fourth-order valence-electron chi connectivity index (χ4n) is 5.02. The van der Waals surface area contributed by atoms with Gasteiger partial charge in [-0.05, 0) is 41.8 Å². The number of carbonyl (C=O) groups excluding carboxylic acids is 3. The number of thioether (sulfide) groups is 1. The molecule has 6 rings (SSSR count). The number of allylic oxidation sites excluding steroid dienone is 1. The van der Waals surface area contributed by atoms with Gasteiger partial charge in [-0.25, -0.2) is 4.79 Å². The molecular formula is C33H29N7O5S2. The largest absolute Gasteiger partial charge is 0.448 e. The molecule has 2 aliphatic rings. The quantitative estimate of drug-likeness (QED) is 0.104. The summed E-state index contributed by atoms with van der Waals surface area (Å²) in [6, 6.07) is 23.3. The SMILES string of the molecule is CCON=C(C(=O)NC1C(=O)N2C(C(=O)OC(c3ccccc3)c3ccccc3)=C(C=Cc3ccccn3)CS[C@H]12)c1nsc(N)n1. The van der Waals surface area contributed by atoms with Crippen molar-refractivity contribution in [2.45, 2.75) is 24.4 Å². The Hall–Kier alpha value is -5.34. The van der Waals surface area contributed by atoms with Crippen LogP contribution in [0.4, 0.5) is 5.13 Å². The molecule has 0 saturated carbocycles. The number of β-lactam (4-membered cyclic amide) rings is 1. The van der Waals surface area contributed by atoms with Gasteiger partial charge in [-0.15, -0.1) is 11.8 Å². The molecule has 2 aromatic heterocycles. The lowest BCUT2D eigenvalue weighted by atomic mass is 10.00. The van der Waals surface area contributed by atoms with E-state index in [4.69, 9.17) is 15.3 Å². The summed E-state index contributed by atoms with van der Waals surface area (Å²) >= 11 is 2.31. The minimum absolute atomic E-state index is 0.0163. The first kappa shape index (κ1) is 31.6. The molecule has 4 aromatic rings. The Morgan fingerprint density at radius 3 is 2.38 bits per heavy atom. The number of pyridine rings is 1. The lowest BCUT2D eigenvalue weighted by molar-refractivity contribution is -0.154. The Morgan fingerprint density at radius 1 is 1.06 bits per heavy atom. The number of amides is 2. The minimum atomic E-state index is -0.960. The highest BCUT2D eigenvalue weighted by Gasteiger charge is 2.54. The molecule has 3 N–H and O–H groups in total. The number of esters is 1. The smallest absolute Gasteiger partial charge is 0.356 e. The van der Waals surface area contributed by atoms with Crippen molar-refractivity contribution in [1.29, 1.82) is 0 Å². The summed E-state index contributed by atoms with van der Waals surface area (Å²) in [5, 5.41) is 6.15. The van der Waals surface area contributed by atoms with Crippen molar-refractivity contribution < 1.29 is 24.0 Å². The van der Waals surface area contributed by atoms with E-state index in [1.165, 1.54) is 16.7 Å². The zero-order valence-electron chi connectivity index (χ0n) is 25.1. The Bertz CT molecular complexity index is 1810. The van der Waals surface area contributed by atoms with Crippen LogP contribution in [0.3, 0.4) is 0 Å². The molecule has 2 amide bonds. The van der Waals surface area contributed by atoms with Gasteiger partial charge in [-0.2, -0.15) is 9.36 Å². The van der Waals surface area contributed by atoms with Crippen molar-refractivity contribution in [2.24, 2.45) is 5.16 Å². The number of benzene rings is 2. The second-order valence-electron chi connectivity index (χ2n) is 10.2. The molecule has 0 spiro atoms. The standard InChI is InChI=1S/C33H29N7O5S2/c1-2-44-38-24(28-37-33(34)47-39-28)29(41)36-25-30(42)40-26(22(19-46-31(25)40)16-17-23-15-9-10-18-35-23)32(43)45-27(20-11-5-3-6-12-20)21-13-7-4-8-14-21/h3-18,25,27,31H,2,19H2,1H3,(H,36,41)(H2,34,37,39)/t25?,31-/m1/s1. The van der Waals surface area contributed by atoms with E-state index in [2.05, 4.69) is 24.8 Å². The third-order valence-electron chi connectivity index (χ3n) is 7.20. The second kappa shape index (κ2) is 14.4. The number of oxime groups is 1. The van der Waals surface area contributed by atoms with E-state index < -0.39 is 35.3 Å². The van der Waals surface area contributed by atoms with E-state index in [-0.39, 0.29) is 29.0 Å². The summed E-state index contributed by atoms with van der Waals surface area (Å²) in [4.78, 5) is 56.1. The summed E-state index contributed by atoms with van der Waals surface area (Å²) in [5.41, 5.74) is 8.42. The fraction of sp³-hybridized carbons (Fsp3) is 0.182. The Labute approximate surface area is 278 Å². The molecule has 1 unspecified atom stereocenters. The van der Waals surface area contributed by atoms with Crippen molar-refractivity contribution >= 4 is 58.0 Å². The van der Waals surface area contributed by atoms with Crippen LogP contribution < -0.4 is 11.1 Å². The normalized spacial score (nSPS) is 17.8. The van der Waals surface area contributed by atoms with Crippen LogP contribution in [0.15, 0.2) is 108 Å². The molecule has 4 heterocycles. The monoisotopic (exact) mass is 667 g/mol. The highest BCUT2D eigenvalue weighted by Crippen LogP contribution is 2.42. The number of nitrogens with zero attached hydrogens (tertiary/aromatic N) is 5. The van der Waals surface area contributed by atoms with Gasteiger partial charge in [0.15, 0.2) is 11.2 Å². The van der Waals surface area contributed by atoms with Crippen LogP contribution in [0, 0.1) is 0 Å². The van der Waals surface area contributed by atoms with Gasteiger partial charge >= 0.3 is 5.97 Å². The van der Waals surface area contributed by atoms with Crippen LogP contribution in [0.1, 0.15) is 35.7 Å². The molecule has 12 nitrogen and oxygen atoms in total. The van der Waals surface area contributed by atoms with Crippen molar-refractivity contribution in [3.8, 4) is 0 Å². The molecule has 0 bridgehead atoms. The molecule has 14 heteroatoms. The zero-order valence-corrected chi connectivity index (χ0v) is 26.7. The molecule has 1 fully saturated rings. The van der Waals surface area contributed by atoms with Crippen molar-refractivity contribution in [3.05, 3.63) is 125 Å².